The molecule has 2 N–H and O–H groups in total. The number of halogens is 2. The Morgan fingerprint density at radius 2 is 2.05 bits per heavy atom. The minimum Gasteiger partial charge on any atom is -0.355 e. The highest BCUT2D eigenvalue weighted by atomic mass is 79.9. The fourth-order valence-electron chi connectivity index (χ4n) is 1.83. The van der Waals surface area contributed by atoms with Crippen LogP contribution in [0, 0.1) is 0 Å². The highest BCUT2D eigenvalue weighted by Gasteiger charge is 2.28. The Balaban J connectivity index is 2.24. The zero-order valence-corrected chi connectivity index (χ0v) is 13.8. The Bertz CT molecular complexity index is 604. The molecule has 1 fully saturated rings. The lowest BCUT2D eigenvalue weighted by atomic mass is 10.1. The van der Waals surface area contributed by atoms with Gasteiger partial charge < -0.3 is 5.32 Å². The molecule has 1 aromatic rings. The van der Waals surface area contributed by atoms with Gasteiger partial charge in [-0.1, -0.05) is 15.9 Å². The highest BCUT2D eigenvalue weighted by molar-refractivity contribution is 9.11. The monoisotopic (exact) mass is 410 g/mol. The van der Waals surface area contributed by atoms with Gasteiger partial charge in [-0.2, -0.15) is 4.72 Å². The third kappa shape index (κ3) is 3.56. The van der Waals surface area contributed by atoms with Crippen molar-refractivity contribution in [2.24, 2.45) is 0 Å². The molecule has 5 nitrogen and oxygen atoms in total. The van der Waals surface area contributed by atoms with Crippen LogP contribution in [0.3, 0.4) is 0 Å². The van der Waals surface area contributed by atoms with Gasteiger partial charge in [-0.05, 0) is 47.0 Å². The van der Waals surface area contributed by atoms with Gasteiger partial charge in [-0.15, -0.1) is 0 Å². The maximum Gasteiger partial charge on any atom is 0.242 e. The largest absolute Gasteiger partial charge is 0.355 e. The lowest BCUT2D eigenvalue weighted by Gasteiger charge is -2.22. The normalized spacial score (nSPS) is 20.1. The molecule has 2 rings (SSSR count). The van der Waals surface area contributed by atoms with Crippen LogP contribution < -0.4 is 10.0 Å². The van der Waals surface area contributed by atoms with E-state index >= 15 is 0 Å². The topological polar surface area (TPSA) is 75.3 Å². The van der Waals surface area contributed by atoms with Gasteiger partial charge >= 0.3 is 0 Å². The molecule has 0 aromatic heterocycles. The number of amides is 1. The van der Waals surface area contributed by atoms with Gasteiger partial charge in [-0.25, -0.2) is 8.42 Å². The van der Waals surface area contributed by atoms with Gasteiger partial charge in [0.15, 0.2) is 0 Å². The molecule has 0 aliphatic carbocycles. The Hall–Kier alpha value is -0.440. The quantitative estimate of drug-likeness (QED) is 0.795. The van der Waals surface area contributed by atoms with Crippen molar-refractivity contribution in [3.63, 3.8) is 0 Å². The third-order valence-electron chi connectivity index (χ3n) is 2.77. The molecule has 0 saturated carbocycles. The molecule has 1 amide bonds. The Kier molecular flexibility index (Phi) is 4.65. The van der Waals surface area contributed by atoms with Crippen LogP contribution in [-0.4, -0.2) is 26.9 Å². The second-order valence-electron chi connectivity index (χ2n) is 4.18. The third-order valence-corrected chi connectivity index (χ3v) is 5.71. The van der Waals surface area contributed by atoms with Gasteiger partial charge in [0.25, 0.3) is 0 Å². The fraction of sp³-hybridized carbons (Fsp3) is 0.364. The van der Waals surface area contributed by atoms with Crippen LogP contribution in [0.4, 0.5) is 0 Å². The zero-order chi connectivity index (χ0) is 14.0. The first-order chi connectivity index (χ1) is 8.90. The van der Waals surface area contributed by atoms with Crippen LogP contribution in [0.25, 0.3) is 0 Å². The van der Waals surface area contributed by atoms with E-state index in [0.717, 1.165) is 10.9 Å². The molecule has 104 valence electrons. The van der Waals surface area contributed by atoms with Crippen LogP contribution in [0.5, 0.6) is 0 Å². The average molecular weight is 412 g/mol. The minimum absolute atomic E-state index is 0.120. The van der Waals surface area contributed by atoms with E-state index in [0.29, 0.717) is 17.4 Å². The van der Waals surface area contributed by atoms with E-state index in [9.17, 15) is 13.2 Å². The molecule has 0 radical (unpaired) electrons. The molecular weight excluding hydrogens is 400 g/mol. The van der Waals surface area contributed by atoms with E-state index in [1.807, 2.05) is 0 Å². The molecule has 1 saturated heterocycles. The number of hydrogen-bond donors (Lipinski definition) is 2. The standard InChI is InChI=1S/C11H12Br2N2O3S/c12-7-3-4-10(8(13)6-7)19(17,18)15-9-2-1-5-14-11(9)16/h3-4,6,9,15H,1-2,5H2,(H,14,16). The lowest BCUT2D eigenvalue weighted by molar-refractivity contribution is -0.124. The van der Waals surface area contributed by atoms with Crippen molar-refractivity contribution in [2.45, 2.75) is 23.8 Å². The van der Waals surface area contributed by atoms with Crippen molar-refractivity contribution in [3.05, 3.63) is 27.1 Å². The van der Waals surface area contributed by atoms with Crippen molar-refractivity contribution >= 4 is 47.8 Å². The average Bonchev–Trinajstić information content (AvgIpc) is 2.31. The molecule has 0 bridgehead atoms. The maximum atomic E-state index is 12.2. The Morgan fingerprint density at radius 3 is 2.68 bits per heavy atom. The van der Waals surface area contributed by atoms with Crippen LogP contribution in [-0.2, 0) is 14.8 Å². The second-order valence-corrected chi connectivity index (χ2v) is 7.63. The van der Waals surface area contributed by atoms with Gasteiger partial charge in [-0.3, -0.25) is 4.79 Å². The van der Waals surface area contributed by atoms with Crippen LogP contribution >= 0.6 is 31.9 Å². The van der Waals surface area contributed by atoms with Crippen molar-refractivity contribution in [3.8, 4) is 0 Å². The SMILES string of the molecule is O=C1NCCCC1NS(=O)(=O)c1ccc(Br)cc1Br. The molecular formula is C11H12Br2N2O3S. The lowest BCUT2D eigenvalue weighted by Crippen LogP contribution is -2.50. The van der Waals surface area contributed by atoms with Crippen molar-refractivity contribution in [1.29, 1.82) is 0 Å². The van der Waals surface area contributed by atoms with Crippen molar-refractivity contribution in [1.82, 2.24) is 10.0 Å². The predicted molar refractivity (Wildman–Crippen MR) is 78.2 cm³/mol. The molecule has 1 aliphatic rings. The number of carbonyl (C=O) groups excluding carboxylic acids is 1. The summed E-state index contributed by atoms with van der Waals surface area (Å²) in [6.45, 7) is 0.596. The van der Waals surface area contributed by atoms with E-state index in [1.165, 1.54) is 6.07 Å². The summed E-state index contributed by atoms with van der Waals surface area (Å²) in [6.07, 6.45) is 1.28. The number of hydrogen-bond acceptors (Lipinski definition) is 3. The van der Waals surface area contributed by atoms with Gasteiger partial charge in [0.2, 0.25) is 15.9 Å². The molecule has 1 atom stereocenters. The summed E-state index contributed by atoms with van der Waals surface area (Å²) in [5.41, 5.74) is 0. The van der Waals surface area contributed by atoms with E-state index < -0.39 is 16.1 Å². The Labute approximate surface area is 128 Å². The number of nitrogens with one attached hydrogen (secondary N) is 2. The summed E-state index contributed by atoms with van der Waals surface area (Å²) in [4.78, 5) is 11.7. The predicted octanol–water partition coefficient (Wildman–Crippen LogP) is 1.77. The first-order valence-electron chi connectivity index (χ1n) is 5.65. The maximum absolute atomic E-state index is 12.2. The molecule has 1 unspecified atom stereocenters. The first kappa shape index (κ1) is 15.0. The smallest absolute Gasteiger partial charge is 0.242 e. The summed E-state index contributed by atoms with van der Waals surface area (Å²) in [5.74, 6) is -0.275. The van der Waals surface area contributed by atoms with E-state index in [2.05, 4.69) is 41.9 Å². The van der Waals surface area contributed by atoms with Crippen LogP contribution in [0.15, 0.2) is 32.0 Å². The zero-order valence-electron chi connectivity index (χ0n) is 9.82. The number of benzene rings is 1. The van der Waals surface area contributed by atoms with Crippen molar-refractivity contribution < 1.29 is 13.2 Å². The summed E-state index contributed by atoms with van der Waals surface area (Å²) in [6, 6.07) is 4.07. The number of carbonyl (C=O) groups is 1. The van der Waals surface area contributed by atoms with E-state index in [1.54, 1.807) is 12.1 Å². The van der Waals surface area contributed by atoms with Crippen LogP contribution in [0.1, 0.15) is 12.8 Å². The van der Waals surface area contributed by atoms with E-state index in [-0.39, 0.29) is 10.8 Å². The summed E-state index contributed by atoms with van der Waals surface area (Å²) in [5, 5.41) is 2.64. The number of piperidine rings is 1. The van der Waals surface area contributed by atoms with Gasteiger partial charge in [0, 0.05) is 15.5 Å². The molecule has 19 heavy (non-hydrogen) atoms. The summed E-state index contributed by atoms with van der Waals surface area (Å²) in [7, 11) is -3.72. The minimum atomic E-state index is -3.72. The summed E-state index contributed by atoms with van der Waals surface area (Å²) < 4.78 is 28.1. The number of sulfonamides is 1. The van der Waals surface area contributed by atoms with E-state index in [4.69, 9.17) is 0 Å². The second kappa shape index (κ2) is 5.90. The van der Waals surface area contributed by atoms with Gasteiger partial charge in [0.1, 0.15) is 6.04 Å². The van der Waals surface area contributed by atoms with Gasteiger partial charge in [0.05, 0.1) is 4.90 Å². The fourth-order valence-corrected chi connectivity index (χ4v) is 4.80. The summed E-state index contributed by atoms with van der Waals surface area (Å²) >= 11 is 6.47. The van der Waals surface area contributed by atoms with Crippen molar-refractivity contribution in [2.75, 3.05) is 6.54 Å². The molecule has 1 aromatic carbocycles. The first-order valence-corrected chi connectivity index (χ1v) is 8.72. The molecule has 8 heteroatoms. The molecule has 0 spiro atoms. The number of rotatable bonds is 3. The Morgan fingerprint density at radius 1 is 1.32 bits per heavy atom. The molecule has 1 aliphatic heterocycles. The van der Waals surface area contributed by atoms with Crippen LogP contribution in [0.2, 0.25) is 0 Å². The highest BCUT2D eigenvalue weighted by Crippen LogP contribution is 2.26. The molecule has 1 heterocycles.